The number of nitrogens with zero attached hydrogens (tertiary/aromatic N) is 3. The molecule has 0 radical (unpaired) electrons. The predicted molar refractivity (Wildman–Crippen MR) is 78.2 cm³/mol. The molecule has 3 rings (SSSR count). The molecule has 0 saturated carbocycles. The van der Waals surface area contributed by atoms with E-state index >= 15 is 0 Å². The lowest BCUT2D eigenvalue weighted by molar-refractivity contribution is 0.381. The molecule has 1 aliphatic rings. The molecule has 0 unspecified atom stereocenters. The highest BCUT2D eigenvalue weighted by Gasteiger charge is 2.31. The molecule has 0 fully saturated rings. The molecule has 3 heterocycles. The predicted octanol–water partition coefficient (Wildman–Crippen LogP) is 1.79. The summed E-state index contributed by atoms with van der Waals surface area (Å²) in [6.07, 6.45) is 3.30. The summed E-state index contributed by atoms with van der Waals surface area (Å²) in [5, 5.41) is 0. The summed E-state index contributed by atoms with van der Waals surface area (Å²) < 4.78 is 29.2. The van der Waals surface area contributed by atoms with Crippen molar-refractivity contribution in [1.82, 2.24) is 13.9 Å². The second-order valence-corrected chi connectivity index (χ2v) is 8.24. The molecule has 0 N–H and O–H groups in total. The quantitative estimate of drug-likeness (QED) is 0.868. The van der Waals surface area contributed by atoms with Gasteiger partial charge in [-0.05, 0) is 18.6 Å². The van der Waals surface area contributed by atoms with E-state index in [2.05, 4.69) is 4.98 Å². The molecule has 0 bridgehead atoms. The van der Waals surface area contributed by atoms with E-state index in [-0.39, 0.29) is 0 Å². The van der Waals surface area contributed by atoms with Gasteiger partial charge in [0.15, 0.2) is 0 Å². The standard InChI is InChI=1S/C13H17N3O2S2/c1-3-10-4-5-13(19-10)20(17,18)16-7-6-11-12(8-16)15(2)9-14-11/h4-5,9H,3,6-8H2,1-2H3. The van der Waals surface area contributed by atoms with Crippen LogP contribution in [0.15, 0.2) is 22.7 Å². The Morgan fingerprint density at radius 1 is 1.40 bits per heavy atom. The topological polar surface area (TPSA) is 55.2 Å². The smallest absolute Gasteiger partial charge is 0.252 e. The molecule has 2 aromatic rings. The molecule has 0 spiro atoms. The average Bonchev–Trinajstić information content (AvgIpc) is 3.06. The van der Waals surface area contributed by atoms with Crippen molar-refractivity contribution in [3.8, 4) is 0 Å². The fourth-order valence-electron chi connectivity index (χ4n) is 2.41. The van der Waals surface area contributed by atoms with Crippen molar-refractivity contribution >= 4 is 21.4 Å². The Labute approximate surface area is 122 Å². The number of rotatable bonds is 3. The van der Waals surface area contributed by atoms with Gasteiger partial charge in [0.25, 0.3) is 10.0 Å². The first-order chi connectivity index (χ1) is 9.52. The van der Waals surface area contributed by atoms with Crippen LogP contribution in [0.4, 0.5) is 0 Å². The lowest BCUT2D eigenvalue weighted by Crippen LogP contribution is -2.36. The summed E-state index contributed by atoms with van der Waals surface area (Å²) in [7, 11) is -1.47. The second-order valence-electron chi connectivity index (χ2n) is 4.91. The lowest BCUT2D eigenvalue weighted by atomic mass is 10.2. The molecule has 0 atom stereocenters. The number of aryl methyl sites for hydroxylation is 2. The Morgan fingerprint density at radius 2 is 2.20 bits per heavy atom. The van der Waals surface area contributed by atoms with Gasteiger partial charge in [0.2, 0.25) is 0 Å². The first-order valence-corrected chi connectivity index (χ1v) is 8.86. The Kier molecular flexibility index (Phi) is 3.43. The Morgan fingerprint density at radius 3 is 2.90 bits per heavy atom. The van der Waals surface area contributed by atoms with Crippen molar-refractivity contribution < 1.29 is 8.42 Å². The van der Waals surface area contributed by atoms with Crippen LogP contribution in [0, 0.1) is 0 Å². The Bertz CT molecular complexity index is 731. The molecule has 108 valence electrons. The summed E-state index contributed by atoms with van der Waals surface area (Å²) in [4.78, 5) is 5.41. The van der Waals surface area contributed by atoms with Gasteiger partial charge in [-0.1, -0.05) is 6.92 Å². The van der Waals surface area contributed by atoms with Crippen molar-refractivity contribution in [2.45, 2.75) is 30.5 Å². The van der Waals surface area contributed by atoms with Gasteiger partial charge >= 0.3 is 0 Å². The number of thiophene rings is 1. The van der Waals surface area contributed by atoms with E-state index in [9.17, 15) is 8.42 Å². The van der Waals surface area contributed by atoms with Crippen molar-refractivity contribution in [3.05, 3.63) is 34.7 Å². The fourth-order valence-corrected chi connectivity index (χ4v) is 5.26. The maximum Gasteiger partial charge on any atom is 0.252 e. The minimum absolute atomic E-state index is 0.410. The fraction of sp³-hybridized carbons (Fsp3) is 0.462. The van der Waals surface area contributed by atoms with E-state index < -0.39 is 10.0 Å². The number of hydrogen-bond donors (Lipinski definition) is 0. The van der Waals surface area contributed by atoms with Gasteiger partial charge in [-0.25, -0.2) is 13.4 Å². The first kappa shape index (κ1) is 13.8. The van der Waals surface area contributed by atoms with Gasteiger partial charge in [-0.3, -0.25) is 0 Å². The highest BCUT2D eigenvalue weighted by atomic mass is 32.2. The van der Waals surface area contributed by atoms with Crippen LogP contribution >= 0.6 is 11.3 Å². The number of imidazole rings is 1. The van der Waals surface area contributed by atoms with Gasteiger partial charge in [0.1, 0.15) is 4.21 Å². The molecule has 5 nitrogen and oxygen atoms in total. The minimum atomic E-state index is -3.38. The monoisotopic (exact) mass is 311 g/mol. The number of aromatic nitrogens is 2. The molecule has 20 heavy (non-hydrogen) atoms. The lowest BCUT2D eigenvalue weighted by Gasteiger charge is -2.25. The van der Waals surface area contributed by atoms with E-state index in [1.165, 1.54) is 11.3 Å². The zero-order valence-electron chi connectivity index (χ0n) is 11.5. The van der Waals surface area contributed by atoms with Gasteiger partial charge in [0.05, 0.1) is 24.3 Å². The van der Waals surface area contributed by atoms with Crippen LogP contribution in [0.2, 0.25) is 0 Å². The van der Waals surface area contributed by atoms with Crippen LogP contribution in [0.5, 0.6) is 0 Å². The highest BCUT2D eigenvalue weighted by molar-refractivity contribution is 7.91. The molecule has 7 heteroatoms. The van der Waals surface area contributed by atoms with Gasteiger partial charge in [-0.2, -0.15) is 4.31 Å². The third kappa shape index (κ3) is 2.19. The van der Waals surface area contributed by atoms with Crippen molar-refractivity contribution in [2.75, 3.05) is 6.54 Å². The summed E-state index contributed by atoms with van der Waals surface area (Å²) in [6, 6.07) is 3.62. The van der Waals surface area contributed by atoms with Gasteiger partial charge in [-0.15, -0.1) is 11.3 Å². The SMILES string of the molecule is CCc1ccc(S(=O)(=O)N2CCc3ncn(C)c3C2)s1. The van der Waals surface area contributed by atoms with E-state index in [0.29, 0.717) is 23.7 Å². The Balaban J connectivity index is 1.91. The average molecular weight is 311 g/mol. The van der Waals surface area contributed by atoms with Crippen LogP contribution < -0.4 is 0 Å². The third-order valence-corrected chi connectivity index (χ3v) is 7.19. The largest absolute Gasteiger partial charge is 0.336 e. The minimum Gasteiger partial charge on any atom is -0.336 e. The first-order valence-electron chi connectivity index (χ1n) is 6.60. The maximum absolute atomic E-state index is 12.7. The van der Waals surface area contributed by atoms with E-state index in [1.54, 1.807) is 16.7 Å². The molecular weight excluding hydrogens is 294 g/mol. The summed E-state index contributed by atoms with van der Waals surface area (Å²) in [5.74, 6) is 0. The summed E-state index contributed by atoms with van der Waals surface area (Å²) in [6.45, 7) is 2.95. The van der Waals surface area contributed by atoms with Crippen molar-refractivity contribution in [2.24, 2.45) is 7.05 Å². The zero-order chi connectivity index (χ0) is 14.3. The Hall–Kier alpha value is -1.18. The van der Waals surface area contributed by atoms with Crippen LogP contribution in [-0.2, 0) is 36.5 Å². The number of hydrogen-bond acceptors (Lipinski definition) is 4. The second kappa shape index (κ2) is 4.98. The van der Waals surface area contributed by atoms with Crippen molar-refractivity contribution in [3.63, 3.8) is 0 Å². The van der Waals surface area contributed by atoms with Crippen LogP contribution in [-0.4, -0.2) is 28.8 Å². The molecular formula is C13H17N3O2S2. The normalized spacial score (nSPS) is 16.3. The van der Waals surface area contributed by atoms with Gasteiger partial charge < -0.3 is 4.57 Å². The van der Waals surface area contributed by atoms with E-state index in [1.807, 2.05) is 24.6 Å². The van der Waals surface area contributed by atoms with Gasteiger partial charge in [0, 0.05) is 24.9 Å². The van der Waals surface area contributed by atoms with E-state index in [4.69, 9.17) is 0 Å². The molecule has 0 saturated heterocycles. The molecule has 1 aliphatic heterocycles. The highest BCUT2D eigenvalue weighted by Crippen LogP contribution is 2.28. The van der Waals surface area contributed by atoms with Crippen LogP contribution in [0.25, 0.3) is 0 Å². The molecule has 2 aromatic heterocycles. The maximum atomic E-state index is 12.7. The van der Waals surface area contributed by atoms with Crippen LogP contribution in [0.3, 0.4) is 0 Å². The van der Waals surface area contributed by atoms with Crippen molar-refractivity contribution in [1.29, 1.82) is 0 Å². The molecule has 0 aliphatic carbocycles. The number of sulfonamides is 1. The summed E-state index contributed by atoms with van der Waals surface area (Å²) >= 11 is 1.37. The van der Waals surface area contributed by atoms with E-state index in [0.717, 1.165) is 22.7 Å². The molecule has 0 amide bonds. The summed E-state index contributed by atoms with van der Waals surface area (Å²) in [5.41, 5.74) is 2.01. The zero-order valence-corrected chi connectivity index (χ0v) is 13.2. The van der Waals surface area contributed by atoms with Crippen LogP contribution in [0.1, 0.15) is 23.2 Å². The molecule has 0 aromatic carbocycles. The number of fused-ring (bicyclic) bond motifs is 1. The third-order valence-electron chi connectivity index (χ3n) is 3.65.